The molecular formula is C46H92N2O6P+. The molecule has 0 aliphatic carbocycles. The number of carbonyl (C=O) groups is 1. The number of aliphatic hydroxyl groups is 1. The molecule has 0 heterocycles. The monoisotopic (exact) mass is 800 g/mol. The number of likely N-dealkylation sites (N-methyl/N-ethyl adjacent to an activating group) is 1. The maximum atomic E-state index is 12.9. The fraction of sp³-hybridized carbons (Fsp3) is 0.891. The Morgan fingerprint density at radius 3 is 1.45 bits per heavy atom. The topological polar surface area (TPSA) is 105 Å². The zero-order valence-corrected chi connectivity index (χ0v) is 37.8. The smallest absolute Gasteiger partial charge is 0.387 e. The van der Waals surface area contributed by atoms with E-state index >= 15 is 0 Å². The van der Waals surface area contributed by atoms with Crippen LogP contribution >= 0.6 is 7.82 Å². The Bertz CT molecular complexity index is 953. The molecule has 9 heteroatoms. The van der Waals surface area contributed by atoms with Crippen molar-refractivity contribution in [3.8, 4) is 0 Å². The molecule has 3 atom stereocenters. The largest absolute Gasteiger partial charge is 0.472 e. The first kappa shape index (κ1) is 54.0. The third-order valence-corrected chi connectivity index (χ3v) is 11.4. The van der Waals surface area contributed by atoms with Gasteiger partial charge >= 0.3 is 7.82 Å². The van der Waals surface area contributed by atoms with Crippen LogP contribution in [0.4, 0.5) is 0 Å². The number of phosphoric acid groups is 1. The Morgan fingerprint density at radius 2 is 1.00 bits per heavy atom. The molecule has 55 heavy (non-hydrogen) atoms. The van der Waals surface area contributed by atoms with Gasteiger partial charge < -0.3 is 19.8 Å². The van der Waals surface area contributed by atoms with Gasteiger partial charge in [0, 0.05) is 6.42 Å². The summed E-state index contributed by atoms with van der Waals surface area (Å²) >= 11 is 0. The number of hydrogen-bond donors (Lipinski definition) is 3. The highest BCUT2D eigenvalue weighted by atomic mass is 31.2. The van der Waals surface area contributed by atoms with Gasteiger partial charge in [-0.1, -0.05) is 199 Å². The van der Waals surface area contributed by atoms with Crippen molar-refractivity contribution < 1.29 is 32.9 Å². The number of rotatable bonds is 42. The molecule has 0 fully saturated rings. The minimum atomic E-state index is -4.34. The van der Waals surface area contributed by atoms with E-state index in [2.05, 4.69) is 31.3 Å². The van der Waals surface area contributed by atoms with E-state index in [0.717, 1.165) is 38.5 Å². The standard InChI is InChI=1S/C46H91N2O6P/c1-6-8-10-12-14-16-18-20-21-22-23-24-25-26-27-28-30-32-34-36-38-40-46(50)47-44(43-54-55(51,52)53-42-41-48(3,4)5)45(49)39-37-35-33-31-29-19-17-15-13-11-9-7-2/h29,31,37,39,44-45,49H,6-28,30,32-36,38,40-43H2,1-5H3,(H-,47,50,51,52)/p+1/b31-29+,39-37+/t44-,45+/m0/s1. The number of nitrogens with zero attached hydrogens (tertiary/aromatic N) is 1. The highest BCUT2D eigenvalue weighted by molar-refractivity contribution is 7.47. The second-order valence-corrected chi connectivity index (χ2v) is 18.6. The Kier molecular flexibility index (Phi) is 37.8. The third kappa shape index (κ3) is 41.0. The third-order valence-electron chi connectivity index (χ3n) is 10.4. The van der Waals surface area contributed by atoms with Crippen molar-refractivity contribution >= 4 is 13.7 Å². The van der Waals surface area contributed by atoms with Crippen LogP contribution in [0.2, 0.25) is 0 Å². The summed E-state index contributed by atoms with van der Waals surface area (Å²) in [6.45, 7) is 4.79. The first-order valence-electron chi connectivity index (χ1n) is 23.2. The molecule has 0 aliphatic rings. The molecule has 0 rings (SSSR count). The lowest BCUT2D eigenvalue weighted by Gasteiger charge is -2.25. The molecule has 0 saturated heterocycles. The summed E-state index contributed by atoms with van der Waals surface area (Å²) in [4.78, 5) is 23.1. The van der Waals surface area contributed by atoms with Crippen molar-refractivity contribution in [1.82, 2.24) is 5.32 Å². The van der Waals surface area contributed by atoms with E-state index in [0.29, 0.717) is 17.4 Å². The fourth-order valence-corrected chi connectivity index (χ4v) is 7.44. The lowest BCUT2D eigenvalue weighted by molar-refractivity contribution is -0.870. The Labute approximate surface area is 341 Å². The van der Waals surface area contributed by atoms with Gasteiger partial charge in [0.15, 0.2) is 0 Å². The molecule has 0 aromatic rings. The van der Waals surface area contributed by atoms with Crippen LogP contribution in [0.25, 0.3) is 0 Å². The summed E-state index contributed by atoms with van der Waals surface area (Å²) in [7, 11) is 1.56. The van der Waals surface area contributed by atoms with Crippen LogP contribution in [-0.4, -0.2) is 73.4 Å². The number of hydrogen-bond acceptors (Lipinski definition) is 5. The van der Waals surface area contributed by atoms with Gasteiger partial charge in [0.05, 0.1) is 39.9 Å². The van der Waals surface area contributed by atoms with Crippen molar-refractivity contribution in [1.29, 1.82) is 0 Å². The minimum absolute atomic E-state index is 0.0581. The van der Waals surface area contributed by atoms with Crippen LogP contribution in [0.15, 0.2) is 24.3 Å². The average molecular weight is 800 g/mol. The number of amides is 1. The van der Waals surface area contributed by atoms with Gasteiger partial charge in [-0.15, -0.1) is 0 Å². The van der Waals surface area contributed by atoms with Gasteiger partial charge in [-0.3, -0.25) is 13.8 Å². The average Bonchev–Trinajstić information content (AvgIpc) is 3.13. The number of allylic oxidation sites excluding steroid dienone is 3. The number of nitrogens with one attached hydrogen (secondary N) is 1. The summed E-state index contributed by atoms with van der Waals surface area (Å²) in [6.07, 6.45) is 45.4. The first-order chi connectivity index (χ1) is 26.5. The van der Waals surface area contributed by atoms with Crippen LogP contribution in [0.3, 0.4) is 0 Å². The Hall–Kier alpha value is -1.02. The molecule has 0 bridgehead atoms. The van der Waals surface area contributed by atoms with Crippen LogP contribution < -0.4 is 5.32 Å². The van der Waals surface area contributed by atoms with Crippen molar-refractivity contribution in [2.45, 2.75) is 225 Å². The van der Waals surface area contributed by atoms with E-state index in [4.69, 9.17) is 9.05 Å². The predicted molar refractivity (Wildman–Crippen MR) is 235 cm³/mol. The van der Waals surface area contributed by atoms with Gasteiger partial charge in [0.1, 0.15) is 13.2 Å². The molecule has 8 nitrogen and oxygen atoms in total. The van der Waals surface area contributed by atoms with Crippen LogP contribution in [-0.2, 0) is 18.4 Å². The molecule has 0 aromatic heterocycles. The lowest BCUT2D eigenvalue weighted by atomic mass is 10.0. The molecule has 1 amide bonds. The minimum Gasteiger partial charge on any atom is -0.387 e. The van der Waals surface area contributed by atoms with Crippen LogP contribution in [0.1, 0.15) is 213 Å². The number of unbranched alkanes of at least 4 members (excludes halogenated alkanes) is 27. The summed E-state index contributed by atoms with van der Waals surface area (Å²) in [5, 5.41) is 13.8. The summed E-state index contributed by atoms with van der Waals surface area (Å²) in [5.74, 6) is -0.185. The quantitative estimate of drug-likeness (QED) is 0.0246. The van der Waals surface area contributed by atoms with Gasteiger partial charge in [-0.25, -0.2) is 4.57 Å². The second kappa shape index (κ2) is 38.5. The molecular weight excluding hydrogens is 707 g/mol. The molecule has 0 aliphatic heterocycles. The van der Waals surface area contributed by atoms with Crippen molar-refractivity contribution in [2.24, 2.45) is 0 Å². The van der Waals surface area contributed by atoms with Gasteiger partial charge in [0.25, 0.3) is 0 Å². The zero-order chi connectivity index (χ0) is 40.7. The number of aliphatic hydroxyl groups excluding tert-OH is 1. The van der Waals surface area contributed by atoms with E-state index in [9.17, 15) is 19.4 Å². The second-order valence-electron chi connectivity index (χ2n) is 17.1. The molecule has 0 saturated carbocycles. The fourth-order valence-electron chi connectivity index (χ4n) is 6.70. The van der Waals surface area contributed by atoms with E-state index in [1.807, 2.05) is 27.2 Å². The van der Waals surface area contributed by atoms with Crippen molar-refractivity contribution in [3.05, 3.63) is 24.3 Å². The highest BCUT2D eigenvalue weighted by Gasteiger charge is 2.27. The molecule has 0 spiro atoms. The summed E-state index contributed by atoms with van der Waals surface area (Å²) in [6, 6.07) is -0.857. The normalized spacial score (nSPS) is 14.5. The molecule has 0 radical (unpaired) electrons. The van der Waals surface area contributed by atoms with Crippen molar-refractivity contribution in [3.63, 3.8) is 0 Å². The number of carbonyl (C=O) groups excluding carboxylic acids is 1. The first-order valence-corrected chi connectivity index (χ1v) is 24.7. The maximum absolute atomic E-state index is 12.9. The maximum Gasteiger partial charge on any atom is 0.472 e. The van der Waals surface area contributed by atoms with Crippen molar-refractivity contribution in [2.75, 3.05) is 40.9 Å². The van der Waals surface area contributed by atoms with Crippen LogP contribution in [0.5, 0.6) is 0 Å². The SMILES string of the molecule is CCCCCCCC/C=C/CC/C=C/[C@@H](O)[C@H](COP(=O)(O)OCC[N+](C)(C)C)NC(=O)CCCCCCCCCCCCCCCCCCCCCCC. The van der Waals surface area contributed by atoms with Gasteiger partial charge in [-0.05, 0) is 32.1 Å². The lowest BCUT2D eigenvalue weighted by Crippen LogP contribution is -2.45. The number of quaternary nitrogens is 1. The van der Waals surface area contributed by atoms with Gasteiger partial charge in [0.2, 0.25) is 5.91 Å². The number of phosphoric ester groups is 1. The molecule has 0 aromatic carbocycles. The van der Waals surface area contributed by atoms with E-state index in [1.54, 1.807) is 6.08 Å². The predicted octanol–water partition coefficient (Wildman–Crippen LogP) is 12.9. The summed E-state index contributed by atoms with van der Waals surface area (Å²) in [5.41, 5.74) is 0. The zero-order valence-electron chi connectivity index (χ0n) is 36.9. The Balaban J connectivity index is 4.30. The van der Waals surface area contributed by atoms with E-state index in [1.165, 1.54) is 154 Å². The highest BCUT2D eigenvalue weighted by Crippen LogP contribution is 2.43. The summed E-state index contributed by atoms with van der Waals surface area (Å²) < 4.78 is 23.5. The molecule has 326 valence electrons. The van der Waals surface area contributed by atoms with E-state index < -0.39 is 20.0 Å². The van der Waals surface area contributed by atoms with Gasteiger partial charge in [-0.2, -0.15) is 0 Å². The van der Waals surface area contributed by atoms with E-state index in [-0.39, 0.29) is 19.1 Å². The Morgan fingerprint density at radius 1 is 0.600 bits per heavy atom. The molecule has 3 N–H and O–H groups in total. The molecule has 1 unspecified atom stereocenters. The van der Waals surface area contributed by atoms with Crippen LogP contribution in [0, 0.1) is 0 Å².